The topological polar surface area (TPSA) is 56.5 Å². The molecular weight excluding hydrogens is 284 g/mol. The van der Waals surface area contributed by atoms with E-state index in [2.05, 4.69) is 24.1 Å². The lowest BCUT2D eigenvalue weighted by atomic mass is 10.2. The highest BCUT2D eigenvalue weighted by Crippen LogP contribution is 2.12. The predicted molar refractivity (Wildman–Crippen MR) is 87.7 cm³/mol. The number of nitrogens with zero attached hydrogens (tertiary/aromatic N) is 2. The zero-order valence-corrected chi connectivity index (χ0v) is 13.8. The normalized spacial score (nSPS) is 13.7. The van der Waals surface area contributed by atoms with Crippen LogP contribution in [0.15, 0.2) is 24.3 Å². The third-order valence-corrected chi connectivity index (χ3v) is 4.06. The molecule has 0 heterocycles. The number of nitriles is 1. The molecule has 1 rings (SSSR count). The van der Waals surface area contributed by atoms with Gasteiger partial charge in [-0.2, -0.15) is 17.0 Å². The number of aliphatic hydroxyl groups is 1. The van der Waals surface area contributed by atoms with E-state index < -0.39 is 6.10 Å². The molecule has 1 N–H and O–H groups in total. The van der Waals surface area contributed by atoms with Gasteiger partial charge in [0, 0.05) is 12.6 Å². The lowest BCUT2D eigenvalue weighted by Crippen LogP contribution is -2.38. The van der Waals surface area contributed by atoms with E-state index in [4.69, 9.17) is 10.00 Å². The second kappa shape index (κ2) is 9.67. The Morgan fingerprint density at radius 1 is 1.38 bits per heavy atom. The minimum Gasteiger partial charge on any atom is -0.491 e. The van der Waals surface area contributed by atoms with E-state index in [0.717, 1.165) is 12.2 Å². The first kappa shape index (κ1) is 17.8. The molecule has 0 saturated carbocycles. The third-order valence-electron chi connectivity index (χ3n) is 3.42. The Hall–Kier alpha value is -1.22. The maximum atomic E-state index is 10.0. The maximum absolute atomic E-state index is 10.0. The summed E-state index contributed by atoms with van der Waals surface area (Å²) in [6.45, 7) is 3.02. The van der Waals surface area contributed by atoms with Crippen LogP contribution in [0.3, 0.4) is 0 Å². The number of hydrogen-bond acceptors (Lipinski definition) is 5. The van der Waals surface area contributed by atoms with Crippen LogP contribution in [-0.4, -0.2) is 54.4 Å². The summed E-state index contributed by atoms with van der Waals surface area (Å²) < 4.78 is 5.54. The Morgan fingerprint density at radius 3 is 2.62 bits per heavy atom. The number of thioether (sulfide) groups is 1. The van der Waals surface area contributed by atoms with E-state index in [9.17, 15) is 5.11 Å². The number of aliphatic hydroxyl groups excluding tert-OH is 1. The molecule has 0 fully saturated rings. The smallest absolute Gasteiger partial charge is 0.119 e. The average Bonchev–Trinajstić information content (AvgIpc) is 2.50. The number of benzene rings is 1. The van der Waals surface area contributed by atoms with Gasteiger partial charge in [-0.3, -0.25) is 0 Å². The Bertz CT molecular complexity index is 445. The van der Waals surface area contributed by atoms with Gasteiger partial charge in [0.1, 0.15) is 18.5 Å². The van der Waals surface area contributed by atoms with E-state index in [-0.39, 0.29) is 6.61 Å². The monoisotopic (exact) mass is 308 g/mol. The molecule has 0 aliphatic heterocycles. The second-order valence-corrected chi connectivity index (χ2v) is 6.16. The molecule has 21 heavy (non-hydrogen) atoms. The van der Waals surface area contributed by atoms with Crippen LogP contribution in [0.5, 0.6) is 5.75 Å². The molecule has 5 heteroatoms. The van der Waals surface area contributed by atoms with Crippen LogP contribution in [-0.2, 0) is 0 Å². The quantitative estimate of drug-likeness (QED) is 0.759. The summed E-state index contributed by atoms with van der Waals surface area (Å²) in [6.07, 6.45) is 2.69. The molecule has 2 atom stereocenters. The van der Waals surface area contributed by atoms with Crippen molar-refractivity contribution in [1.29, 1.82) is 5.26 Å². The minimum absolute atomic E-state index is 0.255. The van der Waals surface area contributed by atoms with E-state index in [1.165, 1.54) is 0 Å². The van der Waals surface area contributed by atoms with E-state index in [0.29, 0.717) is 23.9 Å². The number of ether oxygens (including phenoxy) is 1. The van der Waals surface area contributed by atoms with Crippen molar-refractivity contribution in [1.82, 2.24) is 4.90 Å². The molecule has 116 valence electrons. The highest BCUT2D eigenvalue weighted by atomic mass is 32.2. The van der Waals surface area contributed by atoms with E-state index in [1.807, 2.05) is 18.8 Å². The minimum atomic E-state index is -0.526. The van der Waals surface area contributed by atoms with Crippen LogP contribution in [0.1, 0.15) is 18.9 Å². The van der Waals surface area contributed by atoms with Crippen LogP contribution in [0.4, 0.5) is 0 Å². The molecule has 4 nitrogen and oxygen atoms in total. The summed E-state index contributed by atoms with van der Waals surface area (Å²) in [5.41, 5.74) is 0.602. The summed E-state index contributed by atoms with van der Waals surface area (Å²) in [7, 11) is 2.02. The molecule has 0 spiro atoms. The molecule has 0 radical (unpaired) electrons. The molecular formula is C16H24N2O2S. The lowest BCUT2D eigenvalue weighted by Gasteiger charge is -2.26. The Balaban J connectivity index is 2.32. The summed E-state index contributed by atoms with van der Waals surface area (Å²) in [5.74, 6) is 1.80. The number of rotatable bonds is 9. The first-order valence-corrected chi connectivity index (χ1v) is 8.46. The van der Waals surface area contributed by atoms with Crippen molar-refractivity contribution in [3.8, 4) is 11.8 Å². The van der Waals surface area contributed by atoms with Gasteiger partial charge < -0.3 is 14.7 Å². The van der Waals surface area contributed by atoms with Gasteiger partial charge in [0.05, 0.1) is 11.6 Å². The average molecular weight is 308 g/mol. The summed E-state index contributed by atoms with van der Waals surface area (Å²) >= 11 is 1.84. The van der Waals surface area contributed by atoms with Crippen LogP contribution < -0.4 is 4.74 Å². The number of likely N-dealkylation sites (N-methyl/N-ethyl adjacent to an activating group) is 1. The van der Waals surface area contributed by atoms with Gasteiger partial charge in [0.2, 0.25) is 0 Å². The Morgan fingerprint density at radius 2 is 2.05 bits per heavy atom. The molecule has 0 aliphatic rings. The van der Waals surface area contributed by atoms with Crippen molar-refractivity contribution in [3.63, 3.8) is 0 Å². The fraction of sp³-hybridized carbons (Fsp3) is 0.562. The van der Waals surface area contributed by atoms with Crippen LogP contribution >= 0.6 is 11.8 Å². The molecule has 2 unspecified atom stereocenters. The van der Waals surface area contributed by atoms with Crippen molar-refractivity contribution >= 4 is 11.8 Å². The summed E-state index contributed by atoms with van der Waals surface area (Å²) in [5, 5.41) is 18.8. The first-order valence-electron chi connectivity index (χ1n) is 7.07. The molecule has 1 aromatic carbocycles. The standard InChI is InChI=1S/C16H24N2O2S/c1-13(8-9-21-3)18(2)11-15(19)12-20-16-6-4-14(10-17)5-7-16/h4-7,13,15,19H,8-9,11-12H2,1-3H3. The van der Waals surface area contributed by atoms with Crippen molar-refractivity contribution in [3.05, 3.63) is 29.8 Å². The second-order valence-electron chi connectivity index (χ2n) is 5.17. The largest absolute Gasteiger partial charge is 0.491 e. The summed E-state index contributed by atoms with van der Waals surface area (Å²) in [4.78, 5) is 2.16. The Kier molecular flexibility index (Phi) is 8.21. The zero-order valence-electron chi connectivity index (χ0n) is 13.0. The van der Waals surface area contributed by atoms with E-state index >= 15 is 0 Å². The molecule has 0 amide bonds. The van der Waals surface area contributed by atoms with Gasteiger partial charge in [0.15, 0.2) is 0 Å². The first-order chi connectivity index (χ1) is 10.1. The van der Waals surface area contributed by atoms with E-state index in [1.54, 1.807) is 24.3 Å². The number of hydrogen-bond donors (Lipinski definition) is 1. The van der Waals surface area contributed by atoms with Gasteiger partial charge in [0.25, 0.3) is 0 Å². The fourth-order valence-corrected chi connectivity index (χ4v) is 2.47. The van der Waals surface area contributed by atoms with Gasteiger partial charge >= 0.3 is 0 Å². The molecule has 0 saturated heterocycles. The highest BCUT2D eigenvalue weighted by molar-refractivity contribution is 7.98. The van der Waals surface area contributed by atoms with Crippen molar-refractivity contribution in [2.24, 2.45) is 0 Å². The molecule has 0 aromatic heterocycles. The molecule has 0 aliphatic carbocycles. The SMILES string of the molecule is CSCCC(C)N(C)CC(O)COc1ccc(C#N)cc1. The Labute approximate surface area is 131 Å². The molecule has 0 bridgehead atoms. The van der Waals surface area contributed by atoms with Crippen LogP contribution in [0, 0.1) is 11.3 Å². The van der Waals surface area contributed by atoms with Gasteiger partial charge in [-0.25, -0.2) is 0 Å². The zero-order chi connectivity index (χ0) is 15.7. The fourth-order valence-electron chi connectivity index (χ4n) is 1.89. The van der Waals surface area contributed by atoms with Gasteiger partial charge in [-0.1, -0.05) is 0 Å². The predicted octanol–water partition coefficient (Wildman–Crippen LogP) is 2.37. The molecule has 1 aromatic rings. The lowest BCUT2D eigenvalue weighted by molar-refractivity contribution is 0.0651. The van der Waals surface area contributed by atoms with Crippen LogP contribution in [0.2, 0.25) is 0 Å². The summed E-state index contributed by atoms with van der Waals surface area (Å²) in [6, 6.07) is 9.41. The van der Waals surface area contributed by atoms with Crippen molar-refractivity contribution in [2.45, 2.75) is 25.5 Å². The van der Waals surface area contributed by atoms with Crippen molar-refractivity contribution < 1.29 is 9.84 Å². The van der Waals surface area contributed by atoms with Gasteiger partial charge in [-0.15, -0.1) is 0 Å². The third kappa shape index (κ3) is 6.85. The van der Waals surface area contributed by atoms with Crippen molar-refractivity contribution in [2.75, 3.05) is 32.2 Å². The van der Waals surface area contributed by atoms with Crippen LogP contribution in [0.25, 0.3) is 0 Å². The highest BCUT2D eigenvalue weighted by Gasteiger charge is 2.14. The van der Waals surface area contributed by atoms with Gasteiger partial charge in [-0.05, 0) is 56.7 Å². The maximum Gasteiger partial charge on any atom is 0.119 e.